The second kappa shape index (κ2) is 5.78. The van der Waals surface area contributed by atoms with Crippen LogP contribution in [0.3, 0.4) is 0 Å². The van der Waals surface area contributed by atoms with Crippen LogP contribution in [0.2, 0.25) is 0 Å². The lowest BCUT2D eigenvalue weighted by Crippen LogP contribution is -2.30. The molecule has 1 saturated carbocycles. The van der Waals surface area contributed by atoms with Crippen LogP contribution >= 0.6 is 15.9 Å². The number of hydrogen-bond donors (Lipinski definition) is 1. The summed E-state index contributed by atoms with van der Waals surface area (Å²) < 4.78 is 38.3. The van der Waals surface area contributed by atoms with E-state index in [1.807, 2.05) is 0 Å². The summed E-state index contributed by atoms with van der Waals surface area (Å²) in [5.74, 6) is 1.09. The number of sulfonamides is 1. The van der Waals surface area contributed by atoms with Crippen molar-refractivity contribution in [1.82, 2.24) is 4.72 Å². The van der Waals surface area contributed by atoms with Gasteiger partial charge >= 0.3 is 0 Å². The Bertz CT molecular complexity index is 628. The summed E-state index contributed by atoms with van der Waals surface area (Å²) in [6.07, 6.45) is 3.17. The summed E-state index contributed by atoms with van der Waals surface area (Å²) in [6, 6.07) is 4.73. The lowest BCUT2D eigenvalue weighted by atomic mass is 10.1. The Kier molecular flexibility index (Phi) is 4.16. The number of ether oxygens (including phenoxy) is 2. The zero-order chi connectivity index (χ0) is 14.9. The fourth-order valence-electron chi connectivity index (χ4n) is 2.41. The van der Waals surface area contributed by atoms with E-state index in [0.717, 1.165) is 24.6 Å². The first-order valence-corrected chi connectivity index (χ1v) is 9.60. The smallest absolute Gasteiger partial charge is 0.240 e. The third-order valence-electron chi connectivity index (χ3n) is 4.04. The first kappa shape index (κ1) is 15.1. The predicted molar refractivity (Wildman–Crippen MR) is 82.7 cm³/mol. The van der Waals surface area contributed by atoms with Crippen molar-refractivity contribution in [2.45, 2.75) is 24.2 Å². The molecule has 1 aromatic rings. The van der Waals surface area contributed by atoms with Gasteiger partial charge in [0, 0.05) is 17.9 Å². The molecule has 0 atom stereocenters. The number of fused-ring (bicyclic) bond motifs is 1. The molecular weight excluding hydrogens is 358 g/mol. The van der Waals surface area contributed by atoms with Crippen molar-refractivity contribution in [3.63, 3.8) is 0 Å². The molecule has 3 rings (SSSR count). The van der Waals surface area contributed by atoms with Crippen LogP contribution in [0.4, 0.5) is 0 Å². The topological polar surface area (TPSA) is 64.6 Å². The van der Waals surface area contributed by atoms with E-state index in [4.69, 9.17) is 9.47 Å². The number of halogens is 1. The van der Waals surface area contributed by atoms with Gasteiger partial charge in [0.05, 0.1) is 4.90 Å². The second-order valence-corrected chi connectivity index (χ2v) is 8.13. The van der Waals surface area contributed by atoms with Gasteiger partial charge in [0.1, 0.15) is 13.2 Å². The number of nitrogens with one attached hydrogen (secondary N) is 1. The van der Waals surface area contributed by atoms with E-state index in [1.54, 1.807) is 12.1 Å². The van der Waals surface area contributed by atoms with Crippen molar-refractivity contribution >= 4 is 26.0 Å². The maximum absolute atomic E-state index is 12.4. The molecule has 0 unspecified atom stereocenters. The molecule has 1 heterocycles. The number of hydrogen-bond acceptors (Lipinski definition) is 4. The van der Waals surface area contributed by atoms with E-state index >= 15 is 0 Å². The molecule has 1 aliphatic carbocycles. The van der Waals surface area contributed by atoms with Crippen LogP contribution < -0.4 is 14.2 Å². The molecule has 1 fully saturated rings. The van der Waals surface area contributed by atoms with Crippen molar-refractivity contribution in [1.29, 1.82) is 0 Å². The Balaban J connectivity index is 1.73. The molecule has 21 heavy (non-hydrogen) atoms. The van der Waals surface area contributed by atoms with Crippen LogP contribution in [0, 0.1) is 5.41 Å². The highest BCUT2D eigenvalue weighted by Gasteiger charge is 2.42. The highest BCUT2D eigenvalue weighted by atomic mass is 79.9. The van der Waals surface area contributed by atoms with E-state index in [0.29, 0.717) is 31.3 Å². The Labute approximate surface area is 133 Å². The predicted octanol–water partition coefficient (Wildman–Crippen LogP) is 2.30. The van der Waals surface area contributed by atoms with Crippen LogP contribution in [0.1, 0.15) is 19.3 Å². The maximum atomic E-state index is 12.4. The van der Waals surface area contributed by atoms with Gasteiger partial charge in [-0.15, -0.1) is 0 Å². The summed E-state index contributed by atoms with van der Waals surface area (Å²) in [5, 5.41) is 0.902. The van der Waals surface area contributed by atoms with Crippen LogP contribution in [-0.2, 0) is 10.0 Å². The molecule has 1 N–H and O–H groups in total. The highest BCUT2D eigenvalue weighted by Crippen LogP contribution is 2.48. The largest absolute Gasteiger partial charge is 0.486 e. The molecule has 0 saturated heterocycles. The fourth-order valence-corrected chi connectivity index (χ4v) is 4.43. The lowest BCUT2D eigenvalue weighted by molar-refractivity contribution is 0.171. The number of rotatable bonds is 6. The third-order valence-corrected chi connectivity index (χ3v) is 5.84. The van der Waals surface area contributed by atoms with Crippen LogP contribution in [0.25, 0.3) is 0 Å². The summed E-state index contributed by atoms with van der Waals surface area (Å²) >= 11 is 3.42. The van der Waals surface area contributed by atoms with Crippen molar-refractivity contribution in [3.05, 3.63) is 18.2 Å². The molecule has 0 spiro atoms. The Morgan fingerprint density at radius 3 is 2.57 bits per heavy atom. The molecule has 0 radical (unpaired) electrons. The van der Waals surface area contributed by atoms with Crippen molar-refractivity contribution in [3.8, 4) is 11.5 Å². The minimum Gasteiger partial charge on any atom is -0.486 e. The van der Waals surface area contributed by atoms with Gasteiger partial charge in [-0.2, -0.15) is 0 Å². The van der Waals surface area contributed by atoms with Crippen molar-refractivity contribution in [2.75, 3.05) is 25.1 Å². The Morgan fingerprint density at radius 1 is 1.19 bits per heavy atom. The maximum Gasteiger partial charge on any atom is 0.240 e. The SMILES string of the molecule is O=S(=O)(NCC1(CCBr)CC1)c1ccc2c(c1)OCCO2. The lowest BCUT2D eigenvalue weighted by Gasteiger charge is -2.19. The molecule has 1 aliphatic heterocycles. The van der Waals surface area contributed by atoms with E-state index in [2.05, 4.69) is 20.7 Å². The van der Waals surface area contributed by atoms with Crippen molar-refractivity contribution < 1.29 is 17.9 Å². The summed E-state index contributed by atoms with van der Waals surface area (Å²) in [4.78, 5) is 0.224. The molecule has 0 aromatic heterocycles. The minimum absolute atomic E-state index is 0.143. The standard InChI is InChI=1S/C14H18BrNO4S/c15-6-5-14(3-4-14)10-16-21(17,18)11-1-2-12-13(9-11)20-8-7-19-12/h1-2,9,16H,3-8,10H2. The van der Waals surface area contributed by atoms with Gasteiger partial charge in [0.2, 0.25) is 10.0 Å². The molecule has 0 amide bonds. The fraction of sp³-hybridized carbons (Fsp3) is 0.571. The summed E-state index contributed by atoms with van der Waals surface area (Å²) in [5.41, 5.74) is 0.143. The number of benzene rings is 1. The first-order chi connectivity index (χ1) is 10.0. The highest BCUT2D eigenvalue weighted by molar-refractivity contribution is 9.09. The van der Waals surface area contributed by atoms with E-state index in [9.17, 15) is 8.42 Å². The van der Waals surface area contributed by atoms with Crippen LogP contribution in [0.5, 0.6) is 11.5 Å². The normalized spacial score (nSPS) is 19.3. The zero-order valence-electron chi connectivity index (χ0n) is 11.6. The average molecular weight is 376 g/mol. The van der Waals surface area contributed by atoms with Crippen molar-refractivity contribution in [2.24, 2.45) is 5.41 Å². The van der Waals surface area contributed by atoms with Gasteiger partial charge in [0.25, 0.3) is 0 Å². The summed E-state index contributed by atoms with van der Waals surface area (Å²) in [7, 11) is -3.51. The summed E-state index contributed by atoms with van der Waals surface area (Å²) in [6.45, 7) is 1.43. The molecule has 1 aromatic carbocycles. The number of alkyl halides is 1. The quantitative estimate of drug-likeness (QED) is 0.774. The molecule has 2 aliphatic rings. The van der Waals surface area contributed by atoms with Gasteiger partial charge < -0.3 is 9.47 Å². The van der Waals surface area contributed by atoms with E-state index in [1.165, 1.54) is 6.07 Å². The van der Waals surface area contributed by atoms with E-state index < -0.39 is 10.0 Å². The Hall–Kier alpha value is -0.790. The van der Waals surface area contributed by atoms with Gasteiger partial charge in [0.15, 0.2) is 11.5 Å². The first-order valence-electron chi connectivity index (χ1n) is 7.00. The van der Waals surface area contributed by atoms with Crippen LogP contribution in [-0.4, -0.2) is 33.5 Å². The molecule has 116 valence electrons. The molecule has 7 heteroatoms. The van der Waals surface area contributed by atoms with Gasteiger partial charge in [-0.05, 0) is 36.8 Å². The van der Waals surface area contributed by atoms with Crippen LogP contribution in [0.15, 0.2) is 23.1 Å². The minimum atomic E-state index is -3.51. The van der Waals surface area contributed by atoms with E-state index in [-0.39, 0.29) is 10.3 Å². The van der Waals surface area contributed by atoms with Gasteiger partial charge in [-0.25, -0.2) is 13.1 Å². The van der Waals surface area contributed by atoms with Gasteiger partial charge in [-0.3, -0.25) is 0 Å². The third kappa shape index (κ3) is 3.35. The average Bonchev–Trinajstić information content (AvgIpc) is 3.25. The zero-order valence-corrected chi connectivity index (χ0v) is 14.0. The second-order valence-electron chi connectivity index (χ2n) is 5.57. The monoisotopic (exact) mass is 375 g/mol. The van der Waals surface area contributed by atoms with Gasteiger partial charge in [-0.1, -0.05) is 15.9 Å². The Morgan fingerprint density at radius 2 is 1.90 bits per heavy atom. The molecule has 0 bridgehead atoms. The molecular formula is C14H18BrNO4S. The molecule has 5 nitrogen and oxygen atoms in total.